The number of imidazole rings is 1. The smallest absolute Gasteiger partial charge is 0.301 e. The molecular weight excluding hydrogens is 422 g/mol. The normalized spacial score (nSPS) is 11.1. The molecule has 0 spiro atoms. The molecular formula is C28H25N5O. The first kappa shape index (κ1) is 21.6. The quantitative estimate of drug-likeness (QED) is 0.372. The van der Waals surface area contributed by atoms with Gasteiger partial charge in [-0.05, 0) is 68.5 Å². The van der Waals surface area contributed by atoms with Gasteiger partial charge in [-0.15, -0.1) is 0 Å². The standard InChI is InChI=1S/C28H25N5O/c1-32(2)16-14-20-8-11-23(12-9-20)33-27-24-17-21(6-7-22-5-4-15-29-18-22)10-13-25(24)30-19-26(27)31-28(33)34-3/h4-5,8-13,15,17-19H,14,16H2,1-3H3. The van der Waals surface area contributed by atoms with Crippen molar-refractivity contribution in [2.24, 2.45) is 0 Å². The van der Waals surface area contributed by atoms with Gasteiger partial charge in [0.1, 0.15) is 5.52 Å². The molecule has 0 unspecified atom stereocenters. The Morgan fingerprint density at radius 2 is 1.76 bits per heavy atom. The molecule has 2 aromatic carbocycles. The Morgan fingerprint density at radius 1 is 0.941 bits per heavy atom. The van der Waals surface area contributed by atoms with Crippen LogP contribution >= 0.6 is 0 Å². The van der Waals surface area contributed by atoms with Crippen LogP contribution in [-0.2, 0) is 6.42 Å². The van der Waals surface area contributed by atoms with Crippen LogP contribution in [0.25, 0.3) is 27.6 Å². The molecule has 34 heavy (non-hydrogen) atoms. The molecule has 0 aliphatic carbocycles. The third-order valence-corrected chi connectivity index (χ3v) is 5.69. The number of rotatable bonds is 5. The van der Waals surface area contributed by atoms with E-state index in [0.717, 1.165) is 51.7 Å². The van der Waals surface area contributed by atoms with E-state index in [-0.39, 0.29) is 0 Å². The monoisotopic (exact) mass is 447 g/mol. The van der Waals surface area contributed by atoms with Gasteiger partial charge in [-0.2, -0.15) is 4.98 Å². The molecule has 0 fully saturated rings. The lowest BCUT2D eigenvalue weighted by Crippen LogP contribution is -2.15. The van der Waals surface area contributed by atoms with Crippen molar-refractivity contribution in [3.63, 3.8) is 0 Å². The molecule has 6 heteroatoms. The topological polar surface area (TPSA) is 56.1 Å². The van der Waals surface area contributed by atoms with Crippen LogP contribution in [0.4, 0.5) is 0 Å². The molecule has 0 aliphatic heterocycles. The number of benzene rings is 2. The van der Waals surface area contributed by atoms with Crippen molar-refractivity contribution in [2.75, 3.05) is 27.7 Å². The summed E-state index contributed by atoms with van der Waals surface area (Å²) in [6.07, 6.45) is 6.30. The minimum atomic E-state index is 0.525. The number of hydrogen-bond donors (Lipinski definition) is 0. The van der Waals surface area contributed by atoms with E-state index >= 15 is 0 Å². The minimum absolute atomic E-state index is 0.525. The molecule has 0 aliphatic rings. The van der Waals surface area contributed by atoms with E-state index in [9.17, 15) is 0 Å². The molecule has 168 valence electrons. The van der Waals surface area contributed by atoms with Gasteiger partial charge >= 0.3 is 6.01 Å². The predicted molar refractivity (Wildman–Crippen MR) is 135 cm³/mol. The number of methoxy groups -OCH3 is 1. The summed E-state index contributed by atoms with van der Waals surface area (Å²) in [4.78, 5) is 15.6. The lowest BCUT2D eigenvalue weighted by Gasteiger charge is -2.12. The van der Waals surface area contributed by atoms with Crippen LogP contribution in [0.1, 0.15) is 16.7 Å². The second-order valence-electron chi connectivity index (χ2n) is 8.37. The highest BCUT2D eigenvalue weighted by Gasteiger charge is 2.17. The average molecular weight is 448 g/mol. The zero-order valence-corrected chi connectivity index (χ0v) is 19.5. The molecule has 3 aromatic heterocycles. The van der Waals surface area contributed by atoms with Crippen molar-refractivity contribution in [3.8, 4) is 23.5 Å². The van der Waals surface area contributed by atoms with E-state index < -0.39 is 0 Å². The largest absolute Gasteiger partial charge is 0.468 e. The van der Waals surface area contributed by atoms with Crippen LogP contribution in [0.5, 0.6) is 6.01 Å². The molecule has 0 saturated carbocycles. The van der Waals surface area contributed by atoms with Gasteiger partial charge in [0.15, 0.2) is 0 Å². The maximum Gasteiger partial charge on any atom is 0.301 e. The van der Waals surface area contributed by atoms with Crippen molar-refractivity contribution < 1.29 is 4.74 Å². The predicted octanol–water partition coefficient (Wildman–Crippen LogP) is 4.48. The van der Waals surface area contributed by atoms with Crippen LogP contribution in [0.2, 0.25) is 0 Å². The number of hydrogen-bond acceptors (Lipinski definition) is 5. The SMILES string of the molecule is COc1nc2cnc3ccc(C#Cc4cccnc4)cc3c2n1-c1ccc(CCN(C)C)cc1. The number of ether oxygens (including phenoxy) is 1. The Balaban J connectivity index is 1.62. The van der Waals surface area contributed by atoms with Gasteiger partial charge in [-0.1, -0.05) is 24.0 Å². The fourth-order valence-electron chi connectivity index (χ4n) is 3.93. The molecule has 6 nitrogen and oxygen atoms in total. The highest BCUT2D eigenvalue weighted by Crippen LogP contribution is 2.31. The Bertz CT molecular complexity index is 1510. The average Bonchev–Trinajstić information content (AvgIpc) is 3.26. The van der Waals surface area contributed by atoms with Crippen molar-refractivity contribution in [1.82, 2.24) is 24.4 Å². The summed E-state index contributed by atoms with van der Waals surface area (Å²) in [5, 5.41) is 0.975. The van der Waals surface area contributed by atoms with Gasteiger partial charge in [0.25, 0.3) is 0 Å². The van der Waals surface area contributed by atoms with Crippen LogP contribution in [0.3, 0.4) is 0 Å². The van der Waals surface area contributed by atoms with Crippen LogP contribution in [0.15, 0.2) is 73.2 Å². The maximum absolute atomic E-state index is 5.66. The molecule has 0 saturated heterocycles. The molecule has 5 aromatic rings. The summed E-state index contributed by atoms with van der Waals surface area (Å²) in [6, 6.07) is 19.0. The summed E-state index contributed by atoms with van der Waals surface area (Å²) < 4.78 is 7.71. The van der Waals surface area contributed by atoms with Gasteiger partial charge in [0.05, 0.1) is 30.0 Å². The zero-order valence-electron chi connectivity index (χ0n) is 19.5. The first-order chi connectivity index (χ1) is 16.6. The Morgan fingerprint density at radius 3 is 2.50 bits per heavy atom. The van der Waals surface area contributed by atoms with Gasteiger partial charge in [0, 0.05) is 35.5 Å². The second-order valence-corrected chi connectivity index (χ2v) is 8.37. The van der Waals surface area contributed by atoms with E-state index in [4.69, 9.17) is 9.72 Å². The molecule has 0 radical (unpaired) electrons. The number of pyridine rings is 2. The fourth-order valence-corrected chi connectivity index (χ4v) is 3.93. The van der Waals surface area contributed by atoms with Gasteiger partial charge in [-0.25, -0.2) is 0 Å². The van der Waals surface area contributed by atoms with Crippen LogP contribution < -0.4 is 4.74 Å². The zero-order chi connectivity index (χ0) is 23.5. The highest BCUT2D eigenvalue weighted by molar-refractivity contribution is 6.04. The van der Waals surface area contributed by atoms with Gasteiger partial charge in [0.2, 0.25) is 0 Å². The van der Waals surface area contributed by atoms with Crippen LogP contribution in [0, 0.1) is 11.8 Å². The molecule has 0 amide bonds. The van der Waals surface area contributed by atoms with E-state index in [0.29, 0.717) is 6.01 Å². The Labute approximate surface area is 198 Å². The van der Waals surface area contributed by atoms with E-state index in [1.54, 1.807) is 25.7 Å². The number of nitrogens with zero attached hydrogens (tertiary/aromatic N) is 5. The lowest BCUT2D eigenvalue weighted by molar-refractivity contribution is 0.376. The van der Waals surface area contributed by atoms with Gasteiger partial charge < -0.3 is 9.64 Å². The summed E-state index contributed by atoms with van der Waals surface area (Å²) in [5.41, 5.74) is 6.67. The number of likely N-dealkylation sites (N-methyl/N-ethyl adjacent to an activating group) is 1. The molecule has 3 heterocycles. The number of aromatic nitrogens is 4. The number of fused-ring (bicyclic) bond motifs is 3. The molecule has 0 bridgehead atoms. The third kappa shape index (κ3) is 4.34. The van der Waals surface area contributed by atoms with Crippen molar-refractivity contribution in [2.45, 2.75) is 6.42 Å². The van der Waals surface area contributed by atoms with Crippen LogP contribution in [-0.4, -0.2) is 52.2 Å². The summed E-state index contributed by atoms with van der Waals surface area (Å²) in [7, 11) is 5.82. The molecule has 5 rings (SSSR count). The minimum Gasteiger partial charge on any atom is -0.468 e. The molecule has 0 N–H and O–H groups in total. The van der Waals surface area contributed by atoms with E-state index in [1.165, 1.54) is 5.56 Å². The third-order valence-electron chi connectivity index (χ3n) is 5.69. The highest BCUT2D eigenvalue weighted by atomic mass is 16.5. The van der Waals surface area contributed by atoms with Crippen molar-refractivity contribution >= 4 is 21.9 Å². The fraction of sp³-hybridized carbons (Fsp3) is 0.179. The first-order valence-corrected chi connectivity index (χ1v) is 11.1. The Kier molecular flexibility index (Phi) is 5.94. The summed E-state index contributed by atoms with van der Waals surface area (Å²) >= 11 is 0. The lowest BCUT2D eigenvalue weighted by atomic mass is 10.1. The Hall–Kier alpha value is -4.21. The van der Waals surface area contributed by atoms with E-state index in [1.807, 2.05) is 28.8 Å². The first-order valence-electron chi connectivity index (χ1n) is 11.1. The second kappa shape index (κ2) is 9.34. The maximum atomic E-state index is 5.66. The van der Waals surface area contributed by atoms with Crippen molar-refractivity contribution in [1.29, 1.82) is 0 Å². The van der Waals surface area contributed by atoms with E-state index in [2.05, 4.69) is 71.1 Å². The van der Waals surface area contributed by atoms with Crippen molar-refractivity contribution in [3.05, 3.63) is 89.9 Å². The summed E-state index contributed by atoms with van der Waals surface area (Å²) in [5.74, 6) is 6.42. The molecule has 0 atom stereocenters. The van der Waals surface area contributed by atoms with Gasteiger partial charge in [-0.3, -0.25) is 14.5 Å². The summed E-state index contributed by atoms with van der Waals surface area (Å²) in [6.45, 7) is 1.01.